The van der Waals surface area contributed by atoms with Crippen LogP contribution < -0.4 is 0 Å². The summed E-state index contributed by atoms with van der Waals surface area (Å²) >= 11 is 0. The predicted molar refractivity (Wildman–Crippen MR) is 115 cm³/mol. The van der Waals surface area contributed by atoms with E-state index in [1.165, 1.54) is 89.9 Å². The van der Waals surface area contributed by atoms with Crippen molar-refractivity contribution in [3.63, 3.8) is 0 Å². The van der Waals surface area contributed by atoms with Gasteiger partial charge in [0.2, 0.25) is 0 Å². The summed E-state index contributed by atoms with van der Waals surface area (Å²) in [5.41, 5.74) is 0. The third kappa shape index (κ3) is 6.84. The molecule has 0 spiro atoms. The highest BCUT2D eigenvalue weighted by atomic mass is 16.5. The van der Waals surface area contributed by atoms with Gasteiger partial charge in [-0.05, 0) is 61.7 Å². The molecule has 0 aliphatic heterocycles. The lowest BCUT2D eigenvalue weighted by Crippen LogP contribution is -2.40. The normalized spacial score (nSPS) is 35.5. The molecule has 0 aromatic carbocycles. The average molecular weight is 365 g/mol. The van der Waals surface area contributed by atoms with Crippen LogP contribution in [0.3, 0.4) is 0 Å². The fraction of sp³-hybridized carbons (Fsp3) is 1.00. The number of hydrogen-bond acceptors (Lipinski definition) is 1. The lowest BCUT2D eigenvalue weighted by molar-refractivity contribution is -0.0562. The zero-order chi connectivity index (χ0) is 18.8. The molecule has 2 saturated carbocycles. The number of unbranched alkanes of at least 4 members (excludes halogenated alkanes) is 5. The molecule has 0 saturated heterocycles. The molecule has 26 heavy (non-hydrogen) atoms. The van der Waals surface area contributed by atoms with Crippen LogP contribution in [-0.2, 0) is 4.74 Å². The molecule has 0 amide bonds. The molecule has 0 aromatic heterocycles. The van der Waals surface area contributed by atoms with Crippen LogP contribution in [0.2, 0.25) is 0 Å². The van der Waals surface area contributed by atoms with Crippen LogP contribution in [0.4, 0.5) is 0 Å². The Kier molecular flexibility index (Phi) is 10.6. The predicted octanol–water partition coefficient (Wildman–Crippen LogP) is 8.02. The highest BCUT2D eigenvalue weighted by molar-refractivity contribution is 4.89. The molecule has 2 rings (SSSR count). The van der Waals surface area contributed by atoms with Crippen molar-refractivity contribution < 1.29 is 4.74 Å². The standard InChI is InChI=1S/C25H48O/c1-5-7-9-11-19-26-25-18-17-24(20(3)21(25)4)23-15-13-22(14-16-23)12-10-8-6-2/h20-25H,5-19H2,1-4H3. The van der Waals surface area contributed by atoms with E-state index in [-0.39, 0.29) is 0 Å². The minimum absolute atomic E-state index is 0.535. The molecular formula is C25H48O. The Morgan fingerprint density at radius 3 is 2.08 bits per heavy atom. The van der Waals surface area contributed by atoms with Gasteiger partial charge in [0.25, 0.3) is 0 Å². The van der Waals surface area contributed by atoms with Crippen molar-refractivity contribution in [1.29, 1.82) is 0 Å². The highest BCUT2D eigenvalue weighted by Crippen LogP contribution is 2.46. The minimum Gasteiger partial charge on any atom is -0.378 e. The monoisotopic (exact) mass is 364 g/mol. The van der Waals surface area contributed by atoms with Gasteiger partial charge in [0.15, 0.2) is 0 Å². The van der Waals surface area contributed by atoms with E-state index in [0.717, 1.165) is 36.2 Å². The van der Waals surface area contributed by atoms with Crippen LogP contribution in [0.5, 0.6) is 0 Å². The Hall–Kier alpha value is -0.0400. The van der Waals surface area contributed by atoms with Gasteiger partial charge < -0.3 is 4.74 Å². The fourth-order valence-electron chi connectivity index (χ4n) is 5.86. The summed E-state index contributed by atoms with van der Waals surface area (Å²) in [4.78, 5) is 0. The Balaban J connectivity index is 1.69. The van der Waals surface area contributed by atoms with Crippen LogP contribution in [0.25, 0.3) is 0 Å². The van der Waals surface area contributed by atoms with E-state index in [4.69, 9.17) is 4.74 Å². The molecule has 0 radical (unpaired) electrons. The molecule has 1 heteroatoms. The van der Waals surface area contributed by atoms with Gasteiger partial charge in [-0.2, -0.15) is 0 Å². The van der Waals surface area contributed by atoms with Crippen LogP contribution in [0, 0.1) is 29.6 Å². The second-order valence-corrected chi connectivity index (χ2v) is 9.71. The summed E-state index contributed by atoms with van der Waals surface area (Å²) in [6.45, 7) is 10.6. The van der Waals surface area contributed by atoms with Crippen molar-refractivity contribution in [3.05, 3.63) is 0 Å². The zero-order valence-corrected chi connectivity index (χ0v) is 18.5. The van der Waals surface area contributed by atoms with Gasteiger partial charge in [0, 0.05) is 6.61 Å². The van der Waals surface area contributed by atoms with E-state index >= 15 is 0 Å². The van der Waals surface area contributed by atoms with Gasteiger partial charge in [-0.25, -0.2) is 0 Å². The van der Waals surface area contributed by atoms with Gasteiger partial charge in [-0.1, -0.05) is 85.5 Å². The lowest BCUT2D eigenvalue weighted by atomic mass is 9.63. The third-order valence-corrected chi connectivity index (χ3v) is 7.92. The highest BCUT2D eigenvalue weighted by Gasteiger charge is 2.39. The van der Waals surface area contributed by atoms with Crippen molar-refractivity contribution in [2.24, 2.45) is 29.6 Å². The van der Waals surface area contributed by atoms with E-state index in [1.54, 1.807) is 0 Å². The summed E-state index contributed by atoms with van der Waals surface area (Å²) in [5.74, 6) is 4.64. The largest absolute Gasteiger partial charge is 0.378 e. The molecule has 2 aliphatic carbocycles. The molecule has 4 atom stereocenters. The molecule has 2 fully saturated rings. The smallest absolute Gasteiger partial charge is 0.0603 e. The average Bonchev–Trinajstić information content (AvgIpc) is 2.66. The van der Waals surface area contributed by atoms with Crippen LogP contribution >= 0.6 is 0 Å². The first-order chi connectivity index (χ1) is 12.7. The Morgan fingerprint density at radius 1 is 0.692 bits per heavy atom. The summed E-state index contributed by atoms with van der Waals surface area (Å²) < 4.78 is 6.32. The van der Waals surface area contributed by atoms with Crippen molar-refractivity contribution in [1.82, 2.24) is 0 Å². The molecule has 0 heterocycles. The second kappa shape index (κ2) is 12.4. The van der Waals surface area contributed by atoms with E-state index in [0.29, 0.717) is 6.10 Å². The van der Waals surface area contributed by atoms with Crippen LogP contribution in [-0.4, -0.2) is 12.7 Å². The Morgan fingerprint density at radius 2 is 1.38 bits per heavy atom. The summed E-state index contributed by atoms with van der Waals surface area (Å²) in [6.07, 6.45) is 20.4. The summed E-state index contributed by atoms with van der Waals surface area (Å²) in [5, 5.41) is 0. The molecule has 0 bridgehead atoms. The van der Waals surface area contributed by atoms with E-state index in [2.05, 4.69) is 27.7 Å². The second-order valence-electron chi connectivity index (χ2n) is 9.71. The van der Waals surface area contributed by atoms with Crippen LogP contribution in [0.15, 0.2) is 0 Å². The number of hydrogen-bond donors (Lipinski definition) is 0. The maximum atomic E-state index is 6.32. The molecule has 0 N–H and O–H groups in total. The molecule has 0 aromatic rings. The first-order valence-electron chi connectivity index (χ1n) is 12.3. The van der Waals surface area contributed by atoms with Crippen molar-refractivity contribution in [2.45, 2.75) is 124 Å². The molecule has 2 aliphatic rings. The molecule has 4 unspecified atom stereocenters. The molecular weight excluding hydrogens is 316 g/mol. The summed E-state index contributed by atoms with van der Waals surface area (Å²) in [6, 6.07) is 0. The van der Waals surface area contributed by atoms with Gasteiger partial charge in [0.1, 0.15) is 0 Å². The number of ether oxygens (including phenoxy) is 1. The van der Waals surface area contributed by atoms with Crippen molar-refractivity contribution in [2.75, 3.05) is 6.61 Å². The van der Waals surface area contributed by atoms with Crippen molar-refractivity contribution >= 4 is 0 Å². The SMILES string of the molecule is CCCCCCOC1CCC(C2CCC(CCCCC)CC2)C(C)C1C. The van der Waals surface area contributed by atoms with E-state index in [9.17, 15) is 0 Å². The van der Waals surface area contributed by atoms with Crippen molar-refractivity contribution in [3.8, 4) is 0 Å². The van der Waals surface area contributed by atoms with E-state index < -0.39 is 0 Å². The minimum atomic E-state index is 0.535. The van der Waals surface area contributed by atoms with E-state index in [1.807, 2.05) is 0 Å². The quantitative estimate of drug-likeness (QED) is 0.337. The van der Waals surface area contributed by atoms with Gasteiger partial charge in [-0.15, -0.1) is 0 Å². The van der Waals surface area contributed by atoms with Gasteiger partial charge >= 0.3 is 0 Å². The topological polar surface area (TPSA) is 9.23 Å². The first kappa shape index (κ1) is 22.3. The summed E-state index contributed by atoms with van der Waals surface area (Å²) in [7, 11) is 0. The maximum Gasteiger partial charge on any atom is 0.0603 e. The molecule has 154 valence electrons. The Bertz CT molecular complexity index is 344. The first-order valence-corrected chi connectivity index (χ1v) is 12.3. The molecule has 1 nitrogen and oxygen atoms in total. The number of rotatable bonds is 11. The van der Waals surface area contributed by atoms with Crippen LogP contribution in [0.1, 0.15) is 118 Å². The lowest BCUT2D eigenvalue weighted by Gasteiger charge is -2.45. The Labute approximate surface area is 165 Å². The fourth-order valence-corrected chi connectivity index (χ4v) is 5.86. The van der Waals surface area contributed by atoms with Gasteiger partial charge in [0.05, 0.1) is 6.10 Å². The zero-order valence-electron chi connectivity index (χ0n) is 18.5. The maximum absolute atomic E-state index is 6.32. The third-order valence-electron chi connectivity index (χ3n) is 7.92. The van der Waals surface area contributed by atoms with Gasteiger partial charge in [-0.3, -0.25) is 0 Å².